The second-order valence-corrected chi connectivity index (χ2v) is 6.48. The molecule has 30 heavy (non-hydrogen) atoms. The molecule has 1 aromatic carbocycles. The van der Waals surface area contributed by atoms with Crippen LogP contribution in [-0.2, 0) is 14.3 Å². The van der Waals surface area contributed by atoms with Crippen LogP contribution in [-0.4, -0.2) is 46.8 Å². The first-order valence-corrected chi connectivity index (χ1v) is 9.89. The lowest BCUT2D eigenvalue weighted by atomic mass is 9.95. The molecular weight excluding hydrogens is 412 g/mol. The molecule has 0 unspecified atom stereocenters. The van der Waals surface area contributed by atoms with Gasteiger partial charge < -0.3 is 20.1 Å². The highest BCUT2D eigenvalue weighted by atomic mass is 35.5. The standard InChI is InChI=1S/C20H21ClN4O5/c1-3-29-18(26)15-14(10-21)22-20(28)23-16(15)13-11-25(12-8-6-5-7-9-12)24-17(13)19(27)30-4-2/h5-9,11,16H,3-4,10H2,1-2H3,(H2,22,23,28)/t16-/m0/s1. The first-order valence-electron chi connectivity index (χ1n) is 9.35. The van der Waals surface area contributed by atoms with E-state index in [0.717, 1.165) is 0 Å². The average molecular weight is 433 g/mol. The molecule has 10 heteroatoms. The zero-order chi connectivity index (χ0) is 21.7. The van der Waals surface area contributed by atoms with Gasteiger partial charge in [0.25, 0.3) is 0 Å². The monoisotopic (exact) mass is 432 g/mol. The maximum absolute atomic E-state index is 12.7. The van der Waals surface area contributed by atoms with Gasteiger partial charge in [-0.15, -0.1) is 11.6 Å². The number of allylic oxidation sites excluding steroid dienone is 1. The van der Waals surface area contributed by atoms with Crippen molar-refractivity contribution in [3.05, 3.63) is 59.1 Å². The Morgan fingerprint density at radius 2 is 1.80 bits per heavy atom. The van der Waals surface area contributed by atoms with Crippen molar-refractivity contribution < 1.29 is 23.9 Å². The Bertz CT molecular complexity index is 986. The molecule has 2 amide bonds. The van der Waals surface area contributed by atoms with E-state index in [-0.39, 0.29) is 41.6 Å². The van der Waals surface area contributed by atoms with E-state index in [0.29, 0.717) is 5.69 Å². The van der Waals surface area contributed by atoms with Crippen LogP contribution in [0.25, 0.3) is 5.69 Å². The first-order chi connectivity index (χ1) is 14.5. The number of nitrogens with one attached hydrogen (secondary N) is 2. The molecule has 0 radical (unpaired) electrons. The number of amides is 2. The number of halogens is 1. The minimum absolute atomic E-state index is 0.0244. The smallest absolute Gasteiger partial charge is 0.359 e. The van der Waals surface area contributed by atoms with Crippen molar-refractivity contribution in [3.63, 3.8) is 0 Å². The average Bonchev–Trinajstić information content (AvgIpc) is 3.19. The van der Waals surface area contributed by atoms with Gasteiger partial charge in [-0.25, -0.2) is 19.1 Å². The highest BCUT2D eigenvalue weighted by molar-refractivity contribution is 6.20. The van der Waals surface area contributed by atoms with Gasteiger partial charge in [-0.05, 0) is 26.0 Å². The van der Waals surface area contributed by atoms with Gasteiger partial charge in [0.1, 0.15) is 0 Å². The third kappa shape index (κ3) is 4.30. The van der Waals surface area contributed by atoms with Crippen LogP contribution in [0.15, 0.2) is 47.8 Å². The molecule has 0 fully saturated rings. The van der Waals surface area contributed by atoms with Gasteiger partial charge in [-0.2, -0.15) is 5.10 Å². The number of para-hydroxylation sites is 1. The molecule has 0 aliphatic carbocycles. The van der Waals surface area contributed by atoms with Crippen molar-refractivity contribution in [2.45, 2.75) is 19.9 Å². The van der Waals surface area contributed by atoms with E-state index in [1.165, 1.54) is 4.68 Å². The predicted octanol–water partition coefficient (Wildman–Crippen LogP) is 2.46. The van der Waals surface area contributed by atoms with E-state index in [1.807, 2.05) is 18.2 Å². The Morgan fingerprint density at radius 1 is 1.13 bits per heavy atom. The quantitative estimate of drug-likeness (QED) is 0.513. The van der Waals surface area contributed by atoms with Gasteiger partial charge in [-0.3, -0.25) is 0 Å². The lowest BCUT2D eigenvalue weighted by Gasteiger charge is -2.28. The molecule has 0 saturated heterocycles. The van der Waals surface area contributed by atoms with E-state index in [4.69, 9.17) is 21.1 Å². The molecule has 1 aliphatic rings. The normalized spacial score (nSPS) is 16.0. The molecule has 1 aromatic heterocycles. The molecule has 158 valence electrons. The summed E-state index contributed by atoms with van der Waals surface area (Å²) in [5, 5.41) is 9.53. The van der Waals surface area contributed by atoms with E-state index < -0.39 is 24.0 Å². The summed E-state index contributed by atoms with van der Waals surface area (Å²) in [4.78, 5) is 37.5. The summed E-state index contributed by atoms with van der Waals surface area (Å²) >= 11 is 5.97. The molecule has 2 heterocycles. The van der Waals surface area contributed by atoms with Crippen molar-refractivity contribution in [1.82, 2.24) is 20.4 Å². The molecule has 2 N–H and O–H groups in total. The van der Waals surface area contributed by atoms with Gasteiger partial charge >= 0.3 is 18.0 Å². The topological polar surface area (TPSA) is 112 Å². The number of ether oxygens (including phenoxy) is 2. The van der Waals surface area contributed by atoms with Crippen LogP contribution in [0, 0.1) is 0 Å². The molecule has 2 aromatic rings. The Hall–Kier alpha value is -3.33. The van der Waals surface area contributed by atoms with Gasteiger partial charge in [-0.1, -0.05) is 18.2 Å². The largest absolute Gasteiger partial charge is 0.463 e. The number of hydrogen-bond donors (Lipinski definition) is 2. The van der Waals surface area contributed by atoms with Crippen molar-refractivity contribution >= 4 is 29.6 Å². The zero-order valence-corrected chi connectivity index (χ0v) is 17.2. The first kappa shape index (κ1) is 21.4. The molecule has 9 nitrogen and oxygen atoms in total. The number of rotatable bonds is 7. The highest BCUT2D eigenvalue weighted by Gasteiger charge is 2.37. The summed E-state index contributed by atoms with van der Waals surface area (Å²) in [6.07, 6.45) is 1.57. The van der Waals surface area contributed by atoms with Gasteiger partial charge in [0.15, 0.2) is 5.69 Å². The van der Waals surface area contributed by atoms with Crippen LogP contribution in [0.4, 0.5) is 4.79 Å². The zero-order valence-electron chi connectivity index (χ0n) is 16.5. The molecular formula is C20H21ClN4O5. The van der Waals surface area contributed by atoms with Gasteiger partial charge in [0.2, 0.25) is 0 Å². The Kier molecular flexibility index (Phi) is 6.73. The number of nitrogens with zero attached hydrogens (tertiary/aromatic N) is 2. The van der Waals surface area contributed by atoms with Crippen molar-refractivity contribution in [2.24, 2.45) is 0 Å². The molecule has 0 saturated carbocycles. The predicted molar refractivity (Wildman–Crippen MR) is 108 cm³/mol. The van der Waals surface area contributed by atoms with E-state index in [1.54, 1.807) is 32.2 Å². The maximum Gasteiger partial charge on any atom is 0.359 e. The van der Waals surface area contributed by atoms with Crippen LogP contribution in [0.3, 0.4) is 0 Å². The van der Waals surface area contributed by atoms with Gasteiger partial charge in [0.05, 0.1) is 36.4 Å². The number of urea groups is 1. The Morgan fingerprint density at radius 3 is 2.43 bits per heavy atom. The van der Waals surface area contributed by atoms with Crippen LogP contribution in [0.5, 0.6) is 0 Å². The fourth-order valence-corrected chi connectivity index (χ4v) is 3.29. The van der Waals surface area contributed by atoms with E-state index in [2.05, 4.69) is 15.7 Å². The number of carbonyl (C=O) groups is 3. The van der Waals surface area contributed by atoms with E-state index >= 15 is 0 Å². The van der Waals surface area contributed by atoms with Crippen LogP contribution >= 0.6 is 11.6 Å². The molecule has 0 spiro atoms. The fraction of sp³-hybridized carbons (Fsp3) is 0.300. The van der Waals surface area contributed by atoms with Crippen LogP contribution in [0.1, 0.15) is 35.9 Å². The summed E-state index contributed by atoms with van der Waals surface area (Å²) in [6, 6.07) is 7.54. The molecule has 3 rings (SSSR count). The summed E-state index contributed by atoms with van der Waals surface area (Å²) < 4.78 is 11.8. The van der Waals surface area contributed by atoms with Crippen LogP contribution in [0.2, 0.25) is 0 Å². The van der Waals surface area contributed by atoms with Crippen molar-refractivity contribution in [3.8, 4) is 5.69 Å². The maximum atomic E-state index is 12.7. The number of carbonyl (C=O) groups excluding carboxylic acids is 3. The van der Waals surface area contributed by atoms with Crippen LogP contribution < -0.4 is 10.6 Å². The summed E-state index contributed by atoms with van der Waals surface area (Å²) in [6.45, 7) is 3.61. The minimum Gasteiger partial charge on any atom is -0.463 e. The number of alkyl halides is 1. The molecule has 1 aliphatic heterocycles. The molecule has 1 atom stereocenters. The number of esters is 2. The van der Waals surface area contributed by atoms with E-state index in [9.17, 15) is 14.4 Å². The lowest BCUT2D eigenvalue weighted by molar-refractivity contribution is -0.139. The summed E-state index contributed by atoms with van der Waals surface area (Å²) in [5.74, 6) is -1.46. The summed E-state index contributed by atoms with van der Waals surface area (Å²) in [7, 11) is 0. The van der Waals surface area contributed by atoms with Crippen molar-refractivity contribution in [2.75, 3.05) is 19.1 Å². The minimum atomic E-state index is -0.997. The Balaban J connectivity index is 2.17. The SMILES string of the molecule is CCOC(=O)C1=C(CCl)NC(=O)N[C@H]1c1cn(-c2ccccc2)nc1C(=O)OCC. The third-order valence-electron chi connectivity index (χ3n) is 4.33. The second kappa shape index (κ2) is 9.45. The summed E-state index contributed by atoms with van der Waals surface area (Å²) in [5.41, 5.74) is 1.26. The van der Waals surface area contributed by atoms with Gasteiger partial charge in [0, 0.05) is 17.5 Å². The highest BCUT2D eigenvalue weighted by Crippen LogP contribution is 2.31. The third-order valence-corrected chi connectivity index (χ3v) is 4.59. The molecule has 0 bridgehead atoms. The number of hydrogen-bond acceptors (Lipinski definition) is 6. The number of aromatic nitrogens is 2. The second-order valence-electron chi connectivity index (χ2n) is 6.21. The van der Waals surface area contributed by atoms with Crippen molar-refractivity contribution in [1.29, 1.82) is 0 Å². The Labute approximate surface area is 178 Å². The fourth-order valence-electron chi connectivity index (χ4n) is 3.08. The lowest BCUT2D eigenvalue weighted by Crippen LogP contribution is -2.46. The number of benzene rings is 1.